The van der Waals surface area contributed by atoms with Crippen molar-refractivity contribution in [3.63, 3.8) is 0 Å². The van der Waals surface area contributed by atoms with Crippen molar-refractivity contribution in [1.29, 1.82) is 5.26 Å². The number of carbonyl (C=O) groups excluding carboxylic acids is 2. The summed E-state index contributed by atoms with van der Waals surface area (Å²) >= 11 is 0. The van der Waals surface area contributed by atoms with Crippen LogP contribution in [0.2, 0.25) is 0 Å². The molecule has 12 nitrogen and oxygen atoms in total. The Kier molecular flexibility index (Phi) is 105. The minimum absolute atomic E-state index is 0. The van der Waals surface area contributed by atoms with E-state index in [1.54, 1.807) is 21.1 Å². The Morgan fingerprint density at radius 2 is 0.708 bits per heavy atom. The number of aliphatic imine (C=N–C) groups is 1. The van der Waals surface area contributed by atoms with Gasteiger partial charge in [0.15, 0.2) is 6.19 Å². The molecule has 0 fully saturated rings. The van der Waals surface area contributed by atoms with E-state index in [9.17, 15) is 9.59 Å². The third kappa shape index (κ3) is 184. The first-order valence-electron chi connectivity index (χ1n) is 48.7. The summed E-state index contributed by atoms with van der Waals surface area (Å²) in [6, 6.07) is 0. The van der Waals surface area contributed by atoms with E-state index in [4.69, 9.17) is 24.2 Å². The molecule has 730 valence electrons. The summed E-state index contributed by atoms with van der Waals surface area (Å²) in [6.07, 6.45) is 43.4. The van der Waals surface area contributed by atoms with Crippen LogP contribution < -0.4 is 16.0 Å². The fourth-order valence-corrected chi connectivity index (χ4v) is 11.2. The number of nitrogens with one attached hydrogen (secondary N) is 3. The van der Waals surface area contributed by atoms with Crippen LogP contribution in [0, 0.1) is 71.5 Å². The van der Waals surface area contributed by atoms with Gasteiger partial charge in [0.2, 0.25) is 11.8 Å². The molecular weight excluding hydrogens is 1480 g/mol. The van der Waals surface area contributed by atoms with Crippen molar-refractivity contribution in [1.82, 2.24) is 20.9 Å². The van der Waals surface area contributed by atoms with Gasteiger partial charge in [0, 0.05) is 73.1 Å². The van der Waals surface area contributed by atoms with Gasteiger partial charge in [0.05, 0.1) is 37.4 Å². The van der Waals surface area contributed by atoms with Gasteiger partial charge in [-0.3, -0.25) is 24.8 Å². The minimum atomic E-state index is 0. The predicted octanol–water partition coefficient (Wildman–Crippen LogP) is 34.4. The third-order valence-electron chi connectivity index (χ3n) is 17.9. The fourth-order valence-electron chi connectivity index (χ4n) is 11.2. The van der Waals surface area contributed by atoms with Crippen molar-refractivity contribution in [3.05, 3.63) is 24.7 Å². The number of hydrogen-bond donors (Lipinski definition) is 3. The van der Waals surface area contributed by atoms with Crippen molar-refractivity contribution in [2.24, 2.45) is 65.1 Å². The summed E-state index contributed by atoms with van der Waals surface area (Å²) in [5.74, 6) is 3.32. The maximum atomic E-state index is 11.3. The third-order valence-corrected chi connectivity index (χ3v) is 17.9. The van der Waals surface area contributed by atoms with E-state index in [1.165, 1.54) is 161 Å². The highest BCUT2D eigenvalue weighted by Gasteiger charge is 2.16. The van der Waals surface area contributed by atoms with Crippen LogP contribution in [0.5, 0.6) is 0 Å². The highest BCUT2D eigenvalue weighted by atomic mass is 16.5. The van der Waals surface area contributed by atoms with Crippen molar-refractivity contribution in [2.45, 2.75) is 523 Å². The zero-order valence-electron chi connectivity index (χ0n) is 90.6. The fraction of sp³-hybridized carbons (Fsp3) is 0.926. The molecule has 0 heterocycles. The quantitative estimate of drug-likeness (QED) is 0.0135. The summed E-state index contributed by atoms with van der Waals surface area (Å²) in [7, 11) is 3.51. The van der Waals surface area contributed by atoms with Crippen LogP contribution in [-0.2, 0) is 28.5 Å². The molecular formula is C108H232N6O6. The largest absolute Gasteiger partial charge is 0.499 e. The first-order valence-corrected chi connectivity index (χ1v) is 48.7. The van der Waals surface area contributed by atoms with Crippen molar-refractivity contribution >= 4 is 17.6 Å². The Morgan fingerprint density at radius 3 is 0.983 bits per heavy atom. The Balaban J connectivity index is -0.000000109. The molecule has 0 spiro atoms. The molecule has 0 radical (unpaired) electrons. The zero-order valence-corrected chi connectivity index (χ0v) is 90.6. The maximum absolute atomic E-state index is 11.3. The summed E-state index contributed by atoms with van der Waals surface area (Å²) in [5.41, 5.74) is 4.79. The molecule has 0 aromatic rings. The van der Waals surface area contributed by atoms with Crippen LogP contribution in [0.1, 0.15) is 517 Å². The molecule has 0 aliphatic rings. The van der Waals surface area contributed by atoms with Gasteiger partial charge >= 0.3 is 0 Å². The van der Waals surface area contributed by atoms with Crippen molar-refractivity contribution in [2.75, 3.05) is 73.3 Å². The number of unbranched alkanes of at least 4 members (excludes halogenated alkanes) is 10. The smallest absolute Gasteiger partial charge is 0.220 e. The molecule has 2 amide bonds. The average Bonchev–Trinajstić information content (AvgIpc) is 1.08. The molecule has 0 aromatic heterocycles. The van der Waals surface area contributed by atoms with Gasteiger partial charge in [-0.2, -0.15) is 5.26 Å². The molecule has 0 saturated carbocycles. The molecule has 0 aliphatic carbocycles. The normalized spacial score (nSPS) is 11.7. The summed E-state index contributed by atoms with van der Waals surface area (Å²) in [4.78, 5) is 28.4. The van der Waals surface area contributed by atoms with E-state index >= 15 is 0 Å². The van der Waals surface area contributed by atoms with Crippen LogP contribution >= 0.6 is 0 Å². The molecule has 12 heteroatoms. The lowest BCUT2D eigenvalue weighted by molar-refractivity contribution is -0.122. The van der Waals surface area contributed by atoms with Crippen molar-refractivity contribution in [3.8, 4) is 6.19 Å². The second-order valence-corrected chi connectivity index (χ2v) is 45.9. The van der Waals surface area contributed by atoms with Crippen molar-refractivity contribution < 1.29 is 28.5 Å². The van der Waals surface area contributed by atoms with E-state index in [2.05, 4.69) is 288 Å². The SMILES string of the molecule is C.C=C(CCCCCC(C)(C)C)OC(C)C.C=C(CCCCCC(C)(C)C)OCC.CC.CC(=NCCCCC(C)(C)C)NC#N.CC(=O)NCCCC(C)(C)C.CC(C)CC(=O)NCCCC(C)(C)C.CCCC(C)(C)C.CCCCC(C)(C)C.CCCCCC(C)(C)C.CCCCCC(C)(C)C.COCCN(CCCC(C)(C)C)CCOC. The number of carbonyl (C=O) groups is 2. The van der Waals surface area contributed by atoms with E-state index < -0.39 is 0 Å². The standard InChI is InChI=1S/C14H28O.C13H29NO2.C13H26O.C12H25NO.C11H21N3.C9H19NO.2C9H20.C8H18.C7H16.C2H6.CH4/c1-12(2)15-13(3)10-8-7-9-11-14(4,5)6;1-13(2,3)7-6-8-14(9-11-15-4)10-12-16-5;1-6-14-12(2)10-8-7-9-11-13(3,4)5;1-10(2)9-11(14)13-8-6-7-12(3,4)5;1-10(14-9-12)13-8-6-5-7-11(2,3)4;1-8(11)10-7-5-6-9(2,3)4;2*1-5-6-7-8-9(2,3)4;1-5-6-7-8(2,3)4;1-5-6-7(2,3)4;1-2;/h12H,3,7-11H2,1-2,4-6H3;6-12H2,1-5H3;2,6-11H2,1,3-5H3;10H,6-9H2,1-5H3,(H,13,14);5-8H2,1-4H3,(H,13,14);5-7H2,1-4H3,(H,10,11);2*5-8H2,1-4H3;5-7H2,1-4H3;5-6H2,1-4H3;1-2H3;1H4. The number of amides is 2. The molecule has 0 atom stereocenters. The number of methoxy groups -OCH3 is 2. The molecule has 0 aliphatic heterocycles. The van der Waals surface area contributed by atoms with Gasteiger partial charge in [0.25, 0.3) is 0 Å². The Hall–Kier alpha value is -3.14. The van der Waals surface area contributed by atoms with E-state index in [0.29, 0.717) is 72.3 Å². The van der Waals surface area contributed by atoms with E-state index in [-0.39, 0.29) is 25.3 Å². The monoisotopic (exact) mass is 1710 g/mol. The van der Waals surface area contributed by atoms with Gasteiger partial charge < -0.3 is 29.6 Å². The molecule has 0 bridgehead atoms. The minimum Gasteiger partial charge on any atom is -0.499 e. The molecule has 0 unspecified atom stereocenters. The second-order valence-electron chi connectivity index (χ2n) is 45.9. The molecule has 3 N–H and O–H groups in total. The molecule has 0 rings (SSSR count). The molecule has 0 aromatic carbocycles. The predicted molar refractivity (Wildman–Crippen MR) is 547 cm³/mol. The molecule has 0 saturated heterocycles. The highest BCUT2D eigenvalue weighted by Crippen LogP contribution is 2.28. The molecule has 120 heavy (non-hydrogen) atoms. The Bertz CT molecular complexity index is 2180. The Morgan fingerprint density at radius 1 is 0.400 bits per heavy atom. The van der Waals surface area contributed by atoms with E-state index in [1.807, 2.05) is 47.7 Å². The van der Waals surface area contributed by atoms with Crippen LogP contribution in [0.15, 0.2) is 29.7 Å². The number of nitrogens with zero attached hydrogens (tertiary/aromatic N) is 3. The van der Waals surface area contributed by atoms with Crippen LogP contribution in [0.25, 0.3) is 0 Å². The van der Waals surface area contributed by atoms with Crippen LogP contribution in [0.4, 0.5) is 0 Å². The number of allylic oxidation sites excluding steroid dienone is 2. The summed E-state index contributed by atoms with van der Waals surface area (Å²) < 4.78 is 21.0. The summed E-state index contributed by atoms with van der Waals surface area (Å²) in [6.45, 7) is 111. The van der Waals surface area contributed by atoms with E-state index in [0.717, 1.165) is 116 Å². The average molecular weight is 1710 g/mol. The maximum Gasteiger partial charge on any atom is 0.220 e. The topological polar surface area (TPSA) is 147 Å². The number of amidine groups is 1. The number of nitriles is 1. The van der Waals surface area contributed by atoms with Gasteiger partial charge in [-0.15, -0.1) is 0 Å². The number of rotatable bonds is 44. The van der Waals surface area contributed by atoms with Gasteiger partial charge in [0.1, 0.15) is 5.84 Å². The zero-order chi connectivity index (χ0) is 95.7. The second kappa shape index (κ2) is 87.9. The van der Waals surface area contributed by atoms with Gasteiger partial charge in [-0.1, -0.05) is 374 Å². The summed E-state index contributed by atoms with van der Waals surface area (Å²) in [5, 5.41) is 16.5. The lowest BCUT2D eigenvalue weighted by Gasteiger charge is -2.24. The van der Waals surface area contributed by atoms with Crippen LogP contribution in [0.3, 0.4) is 0 Å². The first-order chi connectivity index (χ1) is 54.2. The highest BCUT2D eigenvalue weighted by molar-refractivity contribution is 5.80. The lowest BCUT2D eigenvalue weighted by Crippen LogP contribution is -2.32. The van der Waals surface area contributed by atoms with Gasteiger partial charge in [-0.05, 0) is 197 Å². The first kappa shape index (κ1) is 143. The van der Waals surface area contributed by atoms with Crippen LogP contribution in [-0.4, -0.2) is 102 Å². The number of ether oxygens (including phenoxy) is 4. The lowest BCUT2D eigenvalue weighted by atomic mass is 9.89. The number of hydrogen-bond acceptors (Lipinski definition) is 9. The Labute approximate surface area is 760 Å². The van der Waals surface area contributed by atoms with Gasteiger partial charge in [-0.25, -0.2) is 0 Å².